The van der Waals surface area contributed by atoms with Gasteiger partial charge < -0.3 is 15.2 Å². The Morgan fingerprint density at radius 3 is 2.67 bits per heavy atom. The van der Waals surface area contributed by atoms with E-state index in [0.717, 1.165) is 5.69 Å². The number of nitrogens with one attached hydrogen (secondary N) is 2. The van der Waals surface area contributed by atoms with E-state index in [2.05, 4.69) is 15.3 Å². The van der Waals surface area contributed by atoms with Gasteiger partial charge in [0.15, 0.2) is 5.82 Å². The molecule has 0 atom stereocenters. The predicted octanol–water partition coefficient (Wildman–Crippen LogP) is 1.90. The number of nitrogens with zero attached hydrogens (tertiary/aromatic N) is 2. The van der Waals surface area contributed by atoms with E-state index < -0.39 is 0 Å². The van der Waals surface area contributed by atoms with Crippen molar-refractivity contribution < 1.29 is 9.59 Å². The van der Waals surface area contributed by atoms with Crippen LogP contribution in [-0.4, -0.2) is 39.8 Å². The first-order valence-corrected chi connectivity index (χ1v) is 6.84. The Hall–Kier alpha value is -2.63. The van der Waals surface area contributed by atoms with Crippen molar-refractivity contribution in [1.82, 2.24) is 14.9 Å². The lowest BCUT2D eigenvalue weighted by Crippen LogP contribution is -2.34. The summed E-state index contributed by atoms with van der Waals surface area (Å²) in [7, 11) is 0. The second-order valence-corrected chi connectivity index (χ2v) is 4.49. The number of carbonyl (C=O) groups is 2. The Morgan fingerprint density at radius 2 is 2.05 bits per heavy atom. The molecule has 0 saturated heterocycles. The minimum atomic E-state index is -0.199. The molecule has 0 fully saturated rings. The predicted molar refractivity (Wildman–Crippen MR) is 79.9 cm³/mol. The van der Waals surface area contributed by atoms with Crippen molar-refractivity contribution in [1.29, 1.82) is 0 Å². The van der Waals surface area contributed by atoms with Crippen LogP contribution >= 0.6 is 0 Å². The van der Waals surface area contributed by atoms with Crippen LogP contribution in [0.15, 0.2) is 42.7 Å². The number of carbonyl (C=O) groups excluding carboxylic acids is 2. The molecule has 0 aliphatic heterocycles. The van der Waals surface area contributed by atoms with Gasteiger partial charge in [-0.1, -0.05) is 18.2 Å². The zero-order chi connectivity index (χ0) is 15.1. The van der Waals surface area contributed by atoms with E-state index in [9.17, 15) is 9.59 Å². The summed E-state index contributed by atoms with van der Waals surface area (Å²) in [6.07, 6.45) is 3.38. The highest BCUT2D eigenvalue weighted by Gasteiger charge is 2.17. The van der Waals surface area contributed by atoms with Gasteiger partial charge in [0, 0.05) is 37.6 Å². The number of hydrogen-bond acceptors (Lipinski definition) is 3. The fourth-order valence-electron chi connectivity index (χ4n) is 1.92. The first-order valence-electron chi connectivity index (χ1n) is 6.84. The fourth-order valence-corrected chi connectivity index (χ4v) is 1.92. The molecule has 0 aliphatic carbocycles. The van der Waals surface area contributed by atoms with Crippen LogP contribution < -0.4 is 5.32 Å². The second-order valence-electron chi connectivity index (χ2n) is 4.49. The van der Waals surface area contributed by atoms with Crippen molar-refractivity contribution in [3.05, 3.63) is 48.5 Å². The summed E-state index contributed by atoms with van der Waals surface area (Å²) >= 11 is 0. The Kier molecular flexibility index (Phi) is 5.09. The van der Waals surface area contributed by atoms with Crippen LogP contribution in [0.1, 0.15) is 24.0 Å². The lowest BCUT2D eigenvalue weighted by molar-refractivity contribution is -0.116. The van der Waals surface area contributed by atoms with Gasteiger partial charge in [0.1, 0.15) is 0 Å². The van der Waals surface area contributed by atoms with Crippen molar-refractivity contribution >= 4 is 17.5 Å². The van der Waals surface area contributed by atoms with E-state index in [1.165, 1.54) is 6.20 Å². The van der Waals surface area contributed by atoms with Gasteiger partial charge in [-0.25, -0.2) is 4.98 Å². The molecule has 0 spiro atoms. The number of H-pyrrole nitrogens is 1. The van der Waals surface area contributed by atoms with E-state index in [1.54, 1.807) is 11.1 Å². The fraction of sp³-hybridized carbons (Fsp3) is 0.267. The Morgan fingerprint density at radius 1 is 1.29 bits per heavy atom. The van der Waals surface area contributed by atoms with Crippen LogP contribution in [0.25, 0.3) is 0 Å². The molecular weight excluding hydrogens is 268 g/mol. The van der Waals surface area contributed by atoms with Gasteiger partial charge in [0.05, 0.1) is 0 Å². The number of para-hydroxylation sites is 1. The lowest BCUT2D eigenvalue weighted by Gasteiger charge is -2.19. The van der Waals surface area contributed by atoms with Gasteiger partial charge in [0.25, 0.3) is 5.91 Å². The third-order valence-corrected chi connectivity index (χ3v) is 3.04. The van der Waals surface area contributed by atoms with Gasteiger partial charge >= 0.3 is 0 Å². The SMILES string of the molecule is CCN(CCC(=O)Nc1ccccc1)C(=O)c1ncc[nH]1. The molecule has 21 heavy (non-hydrogen) atoms. The number of anilines is 1. The summed E-state index contributed by atoms with van der Waals surface area (Å²) in [5.41, 5.74) is 0.753. The standard InChI is InChI=1S/C15H18N4O2/c1-2-19(15(21)14-16-9-10-17-14)11-8-13(20)18-12-6-4-3-5-7-12/h3-7,9-10H,2,8,11H2,1H3,(H,16,17)(H,18,20). The van der Waals surface area contributed by atoms with Crippen molar-refractivity contribution in [3.63, 3.8) is 0 Å². The van der Waals surface area contributed by atoms with Gasteiger partial charge in [-0.15, -0.1) is 0 Å². The normalized spacial score (nSPS) is 10.1. The molecule has 0 radical (unpaired) electrons. The van der Waals surface area contributed by atoms with Crippen LogP contribution in [0.3, 0.4) is 0 Å². The molecule has 6 heteroatoms. The highest BCUT2D eigenvalue weighted by molar-refractivity contribution is 5.93. The number of hydrogen-bond donors (Lipinski definition) is 2. The average molecular weight is 286 g/mol. The quantitative estimate of drug-likeness (QED) is 0.851. The van der Waals surface area contributed by atoms with E-state index in [0.29, 0.717) is 18.9 Å². The number of benzene rings is 1. The summed E-state index contributed by atoms with van der Waals surface area (Å²) in [6, 6.07) is 9.24. The van der Waals surface area contributed by atoms with Crippen LogP contribution in [-0.2, 0) is 4.79 Å². The van der Waals surface area contributed by atoms with Crippen molar-refractivity contribution in [2.24, 2.45) is 0 Å². The monoisotopic (exact) mass is 286 g/mol. The number of imidazole rings is 1. The topological polar surface area (TPSA) is 78.1 Å². The zero-order valence-electron chi connectivity index (χ0n) is 11.9. The number of rotatable bonds is 6. The van der Waals surface area contributed by atoms with Crippen molar-refractivity contribution in [2.45, 2.75) is 13.3 Å². The molecule has 110 valence electrons. The number of aromatic amines is 1. The maximum absolute atomic E-state index is 12.1. The van der Waals surface area contributed by atoms with Gasteiger partial charge in [-0.3, -0.25) is 9.59 Å². The van der Waals surface area contributed by atoms with E-state index in [4.69, 9.17) is 0 Å². The van der Waals surface area contributed by atoms with E-state index >= 15 is 0 Å². The average Bonchev–Trinajstić information content (AvgIpc) is 3.03. The smallest absolute Gasteiger partial charge is 0.289 e. The largest absolute Gasteiger partial charge is 0.341 e. The Labute approximate surface area is 123 Å². The molecule has 1 aromatic carbocycles. The molecule has 2 rings (SSSR count). The molecule has 0 unspecified atom stereocenters. The first kappa shape index (κ1) is 14.8. The highest BCUT2D eigenvalue weighted by atomic mass is 16.2. The second kappa shape index (κ2) is 7.23. The Bertz CT molecular complexity index is 581. The number of amides is 2. The Balaban J connectivity index is 1.85. The molecule has 0 bridgehead atoms. The summed E-state index contributed by atoms with van der Waals surface area (Å²) in [5, 5.41) is 2.79. The van der Waals surface area contributed by atoms with Gasteiger partial charge in [-0.2, -0.15) is 0 Å². The third kappa shape index (κ3) is 4.17. The van der Waals surface area contributed by atoms with Crippen molar-refractivity contribution in [3.8, 4) is 0 Å². The summed E-state index contributed by atoms with van der Waals surface area (Å²) < 4.78 is 0. The van der Waals surface area contributed by atoms with Crippen LogP contribution in [0.2, 0.25) is 0 Å². The molecule has 0 aliphatic rings. The van der Waals surface area contributed by atoms with E-state index in [1.807, 2.05) is 37.3 Å². The maximum atomic E-state index is 12.1. The van der Waals surface area contributed by atoms with Crippen LogP contribution in [0.4, 0.5) is 5.69 Å². The molecule has 2 aromatic rings. The molecule has 6 nitrogen and oxygen atoms in total. The maximum Gasteiger partial charge on any atom is 0.289 e. The highest BCUT2D eigenvalue weighted by Crippen LogP contribution is 2.06. The first-order chi connectivity index (χ1) is 10.2. The molecular formula is C15H18N4O2. The summed E-state index contributed by atoms with van der Waals surface area (Å²) in [5.74, 6) is -0.0257. The van der Waals surface area contributed by atoms with Crippen LogP contribution in [0, 0.1) is 0 Å². The van der Waals surface area contributed by atoms with Crippen molar-refractivity contribution in [2.75, 3.05) is 18.4 Å². The molecule has 0 saturated carbocycles. The van der Waals surface area contributed by atoms with E-state index in [-0.39, 0.29) is 18.2 Å². The minimum Gasteiger partial charge on any atom is -0.341 e. The lowest BCUT2D eigenvalue weighted by atomic mass is 10.3. The molecule has 2 N–H and O–H groups in total. The van der Waals surface area contributed by atoms with Crippen LogP contribution in [0.5, 0.6) is 0 Å². The number of aromatic nitrogens is 2. The van der Waals surface area contributed by atoms with Gasteiger partial charge in [-0.05, 0) is 19.1 Å². The summed E-state index contributed by atoms with van der Waals surface area (Å²) in [4.78, 5) is 32.3. The zero-order valence-corrected chi connectivity index (χ0v) is 11.9. The molecule has 2 amide bonds. The molecule has 1 heterocycles. The minimum absolute atomic E-state index is 0.119. The molecule has 1 aromatic heterocycles. The summed E-state index contributed by atoms with van der Waals surface area (Å²) in [6.45, 7) is 2.75. The van der Waals surface area contributed by atoms with Gasteiger partial charge in [0.2, 0.25) is 5.91 Å². The third-order valence-electron chi connectivity index (χ3n) is 3.04.